The number of rotatable bonds is 4. The molecule has 0 radical (unpaired) electrons. The zero-order valence-corrected chi connectivity index (χ0v) is 12.7. The highest BCUT2D eigenvalue weighted by Gasteiger charge is 2.21. The minimum Gasteiger partial charge on any atom is -0.331 e. The van der Waals surface area contributed by atoms with Gasteiger partial charge >= 0.3 is 6.03 Å². The molecule has 1 saturated heterocycles. The Morgan fingerprint density at radius 1 is 0.955 bits per heavy atom. The van der Waals surface area contributed by atoms with Gasteiger partial charge in [-0.1, -0.05) is 60.7 Å². The standard InChI is InChI=1S/C19H22N2O/c22-19(21-13-7-8-14-21)20-18(17-11-5-2-6-12-17)15-16-9-3-1-4-10-16/h1-6,9-12,18H,7-8,13-15H2,(H,20,22)/t18-/m1/s1. The smallest absolute Gasteiger partial charge is 0.317 e. The van der Waals surface area contributed by atoms with E-state index in [2.05, 4.69) is 29.6 Å². The van der Waals surface area contributed by atoms with Crippen LogP contribution in [0, 0.1) is 0 Å². The van der Waals surface area contributed by atoms with Gasteiger partial charge < -0.3 is 10.2 Å². The van der Waals surface area contributed by atoms with Gasteiger partial charge in [-0.2, -0.15) is 0 Å². The van der Waals surface area contributed by atoms with Crippen LogP contribution >= 0.6 is 0 Å². The molecule has 1 aliphatic heterocycles. The molecule has 1 aliphatic rings. The summed E-state index contributed by atoms with van der Waals surface area (Å²) in [5.41, 5.74) is 2.39. The molecule has 0 spiro atoms. The normalized spacial score (nSPS) is 15.5. The van der Waals surface area contributed by atoms with Crippen LogP contribution < -0.4 is 5.32 Å². The van der Waals surface area contributed by atoms with E-state index in [1.54, 1.807) is 0 Å². The van der Waals surface area contributed by atoms with Crippen molar-refractivity contribution in [1.82, 2.24) is 10.2 Å². The molecule has 1 fully saturated rings. The van der Waals surface area contributed by atoms with Gasteiger partial charge in [0.2, 0.25) is 0 Å². The van der Waals surface area contributed by atoms with E-state index >= 15 is 0 Å². The van der Waals surface area contributed by atoms with Crippen LogP contribution in [0.15, 0.2) is 60.7 Å². The third-order valence-electron chi connectivity index (χ3n) is 4.18. The van der Waals surface area contributed by atoms with Crippen LogP contribution in [0.25, 0.3) is 0 Å². The lowest BCUT2D eigenvalue weighted by atomic mass is 9.99. The summed E-state index contributed by atoms with van der Waals surface area (Å²) in [5.74, 6) is 0. The van der Waals surface area contributed by atoms with E-state index in [0.29, 0.717) is 0 Å². The lowest BCUT2D eigenvalue weighted by Crippen LogP contribution is -2.40. The number of carbonyl (C=O) groups excluding carboxylic acids is 1. The summed E-state index contributed by atoms with van der Waals surface area (Å²) in [5, 5.41) is 3.21. The molecule has 3 nitrogen and oxygen atoms in total. The molecule has 2 amide bonds. The van der Waals surface area contributed by atoms with Crippen LogP contribution in [0.3, 0.4) is 0 Å². The quantitative estimate of drug-likeness (QED) is 0.914. The van der Waals surface area contributed by atoms with Crippen LogP contribution in [0.5, 0.6) is 0 Å². The Morgan fingerprint density at radius 3 is 2.18 bits per heavy atom. The van der Waals surface area contributed by atoms with Crippen molar-refractivity contribution in [2.45, 2.75) is 25.3 Å². The topological polar surface area (TPSA) is 32.3 Å². The number of hydrogen-bond acceptors (Lipinski definition) is 1. The van der Waals surface area contributed by atoms with Crippen molar-refractivity contribution in [2.75, 3.05) is 13.1 Å². The molecule has 0 aliphatic carbocycles. The average Bonchev–Trinajstić information content (AvgIpc) is 3.11. The largest absolute Gasteiger partial charge is 0.331 e. The maximum atomic E-state index is 12.4. The molecular formula is C19H22N2O. The highest BCUT2D eigenvalue weighted by atomic mass is 16.2. The van der Waals surface area contributed by atoms with Gasteiger partial charge in [0.05, 0.1) is 6.04 Å². The molecule has 0 unspecified atom stereocenters. The van der Waals surface area contributed by atoms with Gasteiger partial charge in [-0.25, -0.2) is 4.79 Å². The Hall–Kier alpha value is -2.29. The van der Waals surface area contributed by atoms with Crippen LogP contribution in [0.2, 0.25) is 0 Å². The van der Waals surface area contributed by atoms with Crippen molar-refractivity contribution in [2.24, 2.45) is 0 Å². The van der Waals surface area contributed by atoms with Crippen molar-refractivity contribution in [1.29, 1.82) is 0 Å². The number of likely N-dealkylation sites (tertiary alicyclic amines) is 1. The van der Waals surface area contributed by atoms with E-state index in [0.717, 1.165) is 37.9 Å². The first kappa shape index (κ1) is 14.6. The van der Waals surface area contributed by atoms with Crippen LogP contribution in [0.1, 0.15) is 30.0 Å². The lowest BCUT2D eigenvalue weighted by Gasteiger charge is -2.23. The predicted molar refractivity (Wildman–Crippen MR) is 88.7 cm³/mol. The fraction of sp³-hybridized carbons (Fsp3) is 0.316. The van der Waals surface area contributed by atoms with Crippen molar-refractivity contribution < 1.29 is 4.79 Å². The fourth-order valence-electron chi connectivity index (χ4n) is 2.95. The minimum absolute atomic E-state index is 0.0108. The molecule has 1 atom stereocenters. The zero-order valence-electron chi connectivity index (χ0n) is 12.7. The summed E-state index contributed by atoms with van der Waals surface area (Å²) >= 11 is 0. The Kier molecular flexibility index (Phi) is 4.74. The minimum atomic E-state index is 0.0108. The number of hydrogen-bond donors (Lipinski definition) is 1. The summed E-state index contributed by atoms with van der Waals surface area (Å²) in [6.07, 6.45) is 3.04. The van der Waals surface area contributed by atoms with Crippen LogP contribution in [-0.4, -0.2) is 24.0 Å². The molecule has 0 saturated carbocycles. The predicted octanol–water partition coefficient (Wildman–Crippen LogP) is 3.78. The maximum absolute atomic E-state index is 12.4. The van der Waals surface area contributed by atoms with Crippen molar-refractivity contribution in [3.63, 3.8) is 0 Å². The number of nitrogens with one attached hydrogen (secondary N) is 1. The summed E-state index contributed by atoms with van der Waals surface area (Å²) in [6.45, 7) is 1.75. The zero-order chi connectivity index (χ0) is 15.2. The SMILES string of the molecule is O=C(N[C@H](Cc1ccccc1)c1ccccc1)N1CCCC1. The molecule has 1 N–H and O–H groups in total. The third-order valence-corrected chi connectivity index (χ3v) is 4.18. The van der Waals surface area contributed by atoms with E-state index in [9.17, 15) is 4.79 Å². The first-order valence-corrected chi connectivity index (χ1v) is 7.97. The molecule has 114 valence electrons. The van der Waals surface area contributed by atoms with Gasteiger partial charge in [-0.15, -0.1) is 0 Å². The fourth-order valence-corrected chi connectivity index (χ4v) is 2.95. The van der Waals surface area contributed by atoms with Crippen LogP contribution in [0.4, 0.5) is 4.79 Å². The van der Waals surface area contributed by atoms with Gasteiger partial charge in [0, 0.05) is 13.1 Å². The lowest BCUT2D eigenvalue weighted by molar-refractivity contribution is 0.204. The Morgan fingerprint density at radius 2 is 1.55 bits per heavy atom. The number of urea groups is 1. The van der Waals surface area contributed by atoms with E-state index in [4.69, 9.17) is 0 Å². The Labute approximate surface area is 132 Å². The van der Waals surface area contributed by atoms with Crippen molar-refractivity contribution >= 4 is 6.03 Å². The molecule has 2 aromatic carbocycles. The second-order valence-corrected chi connectivity index (χ2v) is 5.80. The highest BCUT2D eigenvalue weighted by Crippen LogP contribution is 2.19. The van der Waals surface area contributed by atoms with Gasteiger partial charge in [-0.05, 0) is 30.4 Å². The molecule has 22 heavy (non-hydrogen) atoms. The molecular weight excluding hydrogens is 272 g/mol. The molecule has 2 aromatic rings. The second kappa shape index (κ2) is 7.12. The van der Waals surface area contributed by atoms with Crippen molar-refractivity contribution in [3.8, 4) is 0 Å². The molecule has 1 heterocycles. The second-order valence-electron chi connectivity index (χ2n) is 5.80. The summed E-state index contributed by atoms with van der Waals surface area (Å²) in [6, 6.07) is 20.6. The highest BCUT2D eigenvalue weighted by molar-refractivity contribution is 5.75. The third kappa shape index (κ3) is 3.67. The number of amides is 2. The number of carbonyl (C=O) groups is 1. The van der Waals surface area contributed by atoms with Gasteiger partial charge in [0.15, 0.2) is 0 Å². The van der Waals surface area contributed by atoms with Gasteiger partial charge in [0.25, 0.3) is 0 Å². The average molecular weight is 294 g/mol. The molecule has 0 bridgehead atoms. The first-order valence-electron chi connectivity index (χ1n) is 7.97. The molecule has 0 aromatic heterocycles. The first-order chi connectivity index (χ1) is 10.8. The summed E-state index contributed by atoms with van der Waals surface area (Å²) in [7, 11) is 0. The summed E-state index contributed by atoms with van der Waals surface area (Å²) in [4.78, 5) is 14.4. The summed E-state index contributed by atoms with van der Waals surface area (Å²) < 4.78 is 0. The number of nitrogens with zero attached hydrogens (tertiary/aromatic N) is 1. The van der Waals surface area contributed by atoms with E-state index in [1.165, 1.54) is 5.56 Å². The van der Waals surface area contributed by atoms with Gasteiger partial charge in [-0.3, -0.25) is 0 Å². The van der Waals surface area contributed by atoms with E-state index in [1.807, 2.05) is 41.3 Å². The van der Waals surface area contributed by atoms with Crippen molar-refractivity contribution in [3.05, 3.63) is 71.8 Å². The van der Waals surface area contributed by atoms with E-state index in [-0.39, 0.29) is 12.1 Å². The van der Waals surface area contributed by atoms with E-state index < -0.39 is 0 Å². The maximum Gasteiger partial charge on any atom is 0.317 e. The monoisotopic (exact) mass is 294 g/mol. The Bertz CT molecular complexity index is 591. The Balaban J connectivity index is 1.75. The number of benzene rings is 2. The van der Waals surface area contributed by atoms with Gasteiger partial charge in [0.1, 0.15) is 0 Å². The molecule has 3 heteroatoms. The van der Waals surface area contributed by atoms with Crippen LogP contribution in [-0.2, 0) is 6.42 Å². The molecule has 3 rings (SSSR count).